The van der Waals surface area contributed by atoms with Crippen molar-refractivity contribution in [2.45, 2.75) is 0 Å². The van der Waals surface area contributed by atoms with Crippen LogP contribution in [0.2, 0.25) is 0 Å². The van der Waals surface area contributed by atoms with E-state index in [0.29, 0.717) is 13.9 Å². The molecule has 5 heteroatoms. The van der Waals surface area contributed by atoms with Gasteiger partial charge in [-0.25, -0.2) is 0 Å². The second-order valence-corrected chi connectivity index (χ2v) is 21.1. The van der Waals surface area contributed by atoms with Gasteiger partial charge in [0.2, 0.25) is 0 Å². The summed E-state index contributed by atoms with van der Waals surface area (Å²) in [6, 6.07) is 65.0. The Labute approximate surface area is 268 Å². The summed E-state index contributed by atoms with van der Waals surface area (Å²) in [5.41, 5.74) is 0. The van der Waals surface area contributed by atoms with Gasteiger partial charge in [-0.15, -0.1) is 0 Å². The predicted molar refractivity (Wildman–Crippen MR) is 191 cm³/mol. The molecule has 0 bridgehead atoms. The van der Waals surface area contributed by atoms with Crippen molar-refractivity contribution in [3.8, 4) is 0 Å². The molecule has 0 saturated carbocycles. The van der Waals surface area contributed by atoms with E-state index in [1.54, 1.807) is 0 Å². The van der Waals surface area contributed by atoms with Crippen LogP contribution >= 0.6 is 42.7 Å². The third kappa shape index (κ3) is 9.94. The first-order chi connectivity index (χ1) is 20.3. The third-order valence-corrected chi connectivity index (χ3v) is 11.8. The molecule has 0 fully saturated rings. The van der Waals surface area contributed by atoms with Crippen LogP contribution in [-0.4, -0.2) is 0 Å². The van der Waals surface area contributed by atoms with E-state index in [-0.39, 0.29) is 0 Å². The van der Waals surface area contributed by atoms with E-state index in [1.165, 1.54) is 31.8 Å². The monoisotopic (exact) mass is 790 g/mol. The molecule has 0 unspecified atom stereocenters. The van der Waals surface area contributed by atoms with Crippen LogP contribution in [0.3, 0.4) is 0 Å². The van der Waals surface area contributed by atoms with Gasteiger partial charge in [-0.1, -0.05) is 109 Å². The molecule has 0 aliphatic carbocycles. The second-order valence-electron chi connectivity index (χ2n) is 8.99. The van der Waals surface area contributed by atoms with Crippen molar-refractivity contribution in [3.05, 3.63) is 182 Å². The van der Waals surface area contributed by atoms with Gasteiger partial charge in [0.1, 0.15) is 31.8 Å². The third-order valence-electron chi connectivity index (χ3n) is 6.37. The number of halogens is 2. The molecular weight excluding hydrogens is 761 g/mol. The van der Waals surface area contributed by atoms with Crippen LogP contribution in [0.4, 0.5) is 0 Å². The zero-order chi connectivity index (χ0) is 28.5. The van der Waals surface area contributed by atoms with Crippen LogP contribution in [0.1, 0.15) is 0 Å². The quantitative estimate of drug-likeness (QED) is 0.118. The molecular formula is C36H32Br2P2Pd+2. The van der Waals surface area contributed by atoms with Gasteiger partial charge in [-0.05, 0) is 72.8 Å². The minimum absolute atomic E-state index is 0.575. The van der Waals surface area contributed by atoms with Crippen LogP contribution in [0.15, 0.2) is 182 Å². The van der Waals surface area contributed by atoms with Gasteiger partial charge in [0.25, 0.3) is 0 Å². The maximum atomic E-state index is 3.11. The molecule has 0 nitrogen and oxygen atoms in total. The number of rotatable bonds is 6. The van der Waals surface area contributed by atoms with E-state index in [4.69, 9.17) is 0 Å². The van der Waals surface area contributed by atoms with Crippen LogP contribution in [0, 0.1) is 0 Å². The summed E-state index contributed by atoms with van der Waals surface area (Å²) >= 11 is 6.80. The van der Waals surface area contributed by atoms with E-state index in [2.05, 4.69) is 209 Å². The first-order valence-electron chi connectivity index (χ1n) is 13.2. The molecule has 0 aliphatic rings. The Balaban J connectivity index is 0.000000173. The fourth-order valence-corrected chi connectivity index (χ4v) is 9.78. The van der Waals surface area contributed by atoms with Crippen molar-refractivity contribution in [2.75, 3.05) is 0 Å². The van der Waals surface area contributed by atoms with Gasteiger partial charge in [0.15, 0.2) is 0 Å². The summed E-state index contributed by atoms with van der Waals surface area (Å²) < 4.78 is 0. The maximum Gasteiger partial charge on any atom is 0.102 e. The van der Waals surface area contributed by atoms with Crippen molar-refractivity contribution < 1.29 is 13.9 Å². The largest absolute Gasteiger partial charge is 0.102 e. The van der Waals surface area contributed by atoms with Gasteiger partial charge in [0.05, 0.1) is 15.8 Å². The van der Waals surface area contributed by atoms with E-state index in [1.807, 2.05) is 0 Å². The Kier molecular flexibility index (Phi) is 14.2. The maximum absolute atomic E-state index is 3.11. The molecule has 0 aromatic heterocycles. The molecule has 0 saturated heterocycles. The Bertz CT molecular complexity index is 1200. The average Bonchev–Trinajstić information content (AvgIpc) is 3.05. The predicted octanol–water partition coefficient (Wildman–Crippen LogP) is 8.04. The second kappa shape index (κ2) is 18.4. The molecule has 41 heavy (non-hydrogen) atoms. The Morgan fingerprint density at radius 2 is 0.390 bits per heavy atom. The topological polar surface area (TPSA) is 0 Å². The van der Waals surface area contributed by atoms with Gasteiger partial charge in [-0.2, -0.15) is 0 Å². The number of hydrogen-bond acceptors (Lipinski definition) is 0. The van der Waals surface area contributed by atoms with Crippen molar-refractivity contribution in [1.29, 1.82) is 0 Å². The van der Waals surface area contributed by atoms with E-state index < -0.39 is 15.8 Å². The Morgan fingerprint density at radius 1 is 0.268 bits per heavy atom. The van der Waals surface area contributed by atoms with Crippen LogP contribution < -0.4 is 31.8 Å². The van der Waals surface area contributed by atoms with E-state index in [0.717, 1.165) is 0 Å². The van der Waals surface area contributed by atoms with Crippen molar-refractivity contribution in [3.63, 3.8) is 0 Å². The van der Waals surface area contributed by atoms with Gasteiger partial charge in [0, 0.05) is 0 Å². The standard InChI is InChI=1S/2C18H15P.2BrH.Pd/c2*1-4-10-16(11-5-1)19(17-12-6-2-7-13-17)18-14-8-3-9-15-18;;;/h2*1-15H;2*1H;/q;;;;+2. The summed E-state index contributed by atoms with van der Waals surface area (Å²) in [5, 5.41) is 8.61. The van der Waals surface area contributed by atoms with Crippen LogP contribution in [0.25, 0.3) is 0 Å². The number of benzene rings is 6. The molecule has 6 aromatic rings. The fourth-order valence-electron chi connectivity index (χ4n) is 4.63. The van der Waals surface area contributed by atoms with Gasteiger partial charge >= 0.3 is 40.8 Å². The molecule has 0 aliphatic heterocycles. The van der Waals surface area contributed by atoms with E-state index >= 15 is 0 Å². The summed E-state index contributed by atoms with van der Waals surface area (Å²) in [6.45, 7) is 0. The molecule has 208 valence electrons. The SMILES string of the molecule is [Br][Pd][Br].c1ccc([PH+](c2ccccc2)c2ccccc2)cc1.c1ccc([PH+](c2ccccc2)c2ccccc2)cc1. The minimum Gasteiger partial charge on any atom is -0.0620 e. The van der Waals surface area contributed by atoms with Crippen molar-refractivity contribution in [2.24, 2.45) is 0 Å². The first-order valence-corrected chi connectivity index (χ1v) is 23.3. The molecule has 0 N–H and O–H groups in total. The molecule has 0 atom stereocenters. The summed E-state index contributed by atoms with van der Waals surface area (Å²) in [6.07, 6.45) is 0. The van der Waals surface area contributed by atoms with E-state index in [9.17, 15) is 0 Å². The number of hydrogen-bond donors (Lipinski definition) is 0. The minimum atomic E-state index is -0.877. The van der Waals surface area contributed by atoms with Gasteiger partial charge < -0.3 is 0 Å². The Morgan fingerprint density at radius 3 is 0.512 bits per heavy atom. The molecule has 6 rings (SSSR count). The van der Waals surface area contributed by atoms with Crippen LogP contribution in [-0.2, 0) is 13.9 Å². The summed E-state index contributed by atoms with van der Waals surface area (Å²) in [4.78, 5) is 0. The molecule has 0 radical (unpaired) electrons. The fraction of sp³-hybridized carbons (Fsp3) is 0. The normalized spacial score (nSPS) is 10.3. The van der Waals surface area contributed by atoms with Crippen molar-refractivity contribution in [1.82, 2.24) is 0 Å². The van der Waals surface area contributed by atoms with Gasteiger partial charge in [-0.3, -0.25) is 0 Å². The first kappa shape index (κ1) is 31.7. The van der Waals surface area contributed by atoms with Crippen molar-refractivity contribution >= 4 is 74.5 Å². The molecule has 0 spiro atoms. The Hall–Kier alpha value is -2.20. The molecule has 0 heterocycles. The van der Waals surface area contributed by atoms with Crippen LogP contribution in [0.5, 0.6) is 0 Å². The molecule has 6 aromatic carbocycles. The average molecular weight is 793 g/mol. The summed E-state index contributed by atoms with van der Waals surface area (Å²) in [7, 11) is -1.75. The zero-order valence-corrected chi connectivity index (χ0v) is 29.1. The summed E-state index contributed by atoms with van der Waals surface area (Å²) in [5.74, 6) is 0. The zero-order valence-electron chi connectivity index (χ0n) is 22.4. The molecule has 0 amide bonds. The smallest absolute Gasteiger partial charge is 0.0620 e.